The third-order valence-corrected chi connectivity index (χ3v) is 3.34. The maximum absolute atomic E-state index is 9.02. The van der Waals surface area contributed by atoms with E-state index in [4.69, 9.17) is 21.4 Å². The lowest BCUT2D eigenvalue weighted by Crippen LogP contribution is -1.90. The first kappa shape index (κ1) is 13.4. The van der Waals surface area contributed by atoms with Crippen LogP contribution in [0.1, 0.15) is 11.1 Å². The Labute approximate surface area is 119 Å². The van der Waals surface area contributed by atoms with Gasteiger partial charge in [0.15, 0.2) is 0 Å². The summed E-state index contributed by atoms with van der Waals surface area (Å²) in [7, 11) is 0. The first-order valence-corrected chi connectivity index (χ1v) is 6.60. The summed E-state index contributed by atoms with van der Waals surface area (Å²) in [6, 6.07) is 11.1. The zero-order valence-corrected chi connectivity index (χ0v) is 12.1. The standard InChI is InChI=1S/C14H12BrClO2/c1-9-2-4-11(15)7-14(9)18-13-5-3-10(8-17)6-12(13)16/h2-7,17H,8H2,1H3. The normalized spacial score (nSPS) is 10.4. The molecule has 0 aliphatic heterocycles. The van der Waals surface area contributed by atoms with E-state index in [1.807, 2.05) is 25.1 Å². The molecule has 2 aromatic rings. The molecule has 0 aromatic heterocycles. The Morgan fingerprint density at radius 2 is 1.94 bits per heavy atom. The Bertz CT molecular complexity index is 570. The van der Waals surface area contributed by atoms with Crippen LogP contribution in [0, 0.1) is 6.92 Å². The van der Waals surface area contributed by atoms with Crippen LogP contribution >= 0.6 is 27.5 Å². The SMILES string of the molecule is Cc1ccc(Br)cc1Oc1ccc(CO)cc1Cl. The molecule has 0 aliphatic rings. The smallest absolute Gasteiger partial charge is 0.146 e. The molecule has 2 rings (SSSR count). The number of rotatable bonds is 3. The van der Waals surface area contributed by atoms with Crippen molar-refractivity contribution in [1.29, 1.82) is 0 Å². The summed E-state index contributed by atoms with van der Waals surface area (Å²) in [4.78, 5) is 0. The number of halogens is 2. The Balaban J connectivity index is 2.31. The van der Waals surface area contributed by atoms with E-state index in [0.29, 0.717) is 10.8 Å². The molecule has 18 heavy (non-hydrogen) atoms. The highest BCUT2D eigenvalue weighted by Gasteiger charge is 2.07. The predicted octanol–water partition coefficient (Wildman–Crippen LogP) is 4.70. The molecule has 2 nitrogen and oxygen atoms in total. The van der Waals surface area contributed by atoms with Gasteiger partial charge in [0.2, 0.25) is 0 Å². The minimum absolute atomic E-state index is 0.0318. The lowest BCUT2D eigenvalue weighted by molar-refractivity contribution is 0.281. The van der Waals surface area contributed by atoms with Gasteiger partial charge in [-0.3, -0.25) is 0 Å². The van der Waals surface area contributed by atoms with Crippen LogP contribution in [0.5, 0.6) is 11.5 Å². The molecule has 0 radical (unpaired) electrons. The monoisotopic (exact) mass is 326 g/mol. The minimum atomic E-state index is -0.0318. The highest BCUT2D eigenvalue weighted by atomic mass is 79.9. The molecule has 0 bridgehead atoms. The van der Waals surface area contributed by atoms with Crippen LogP contribution in [0.2, 0.25) is 5.02 Å². The van der Waals surface area contributed by atoms with Gasteiger partial charge in [-0.1, -0.05) is 39.7 Å². The van der Waals surface area contributed by atoms with Gasteiger partial charge in [-0.05, 0) is 42.3 Å². The van der Waals surface area contributed by atoms with Crippen LogP contribution in [0.3, 0.4) is 0 Å². The van der Waals surface area contributed by atoms with Crippen molar-refractivity contribution in [2.75, 3.05) is 0 Å². The minimum Gasteiger partial charge on any atom is -0.455 e. The van der Waals surface area contributed by atoms with E-state index in [2.05, 4.69) is 15.9 Å². The summed E-state index contributed by atoms with van der Waals surface area (Å²) in [5.41, 5.74) is 1.79. The fourth-order valence-electron chi connectivity index (χ4n) is 1.53. The van der Waals surface area contributed by atoms with Gasteiger partial charge in [0.25, 0.3) is 0 Å². The third-order valence-electron chi connectivity index (χ3n) is 2.55. The number of benzene rings is 2. The number of hydrogen-bond acceptors (Lipinski definition) is 2. The van der Waals surface area contributed by atoms with E-state index in [1.165, 1.54) is 0 Å². The average molecular weight is 328 g/mol. The molecule has 2 aromatic carbocycles. The van der Waals surface area contributed by atoms with Crippen molar-refractivity contribution >= 4 is 27.5 Å². The second kappa shape index (κ2) is 5.74. The van der Waals surface area contributed by atoms with E-state index in [9.17, 15) is 0 Å². The molecule has 0 saturated heterocycles. The Morgan fingerprint density at radius 1 is 1.17 bits per heavy atom. The summed E-state index contributed by atoms with van der Waals surface area (Å²) in [6.45, 7) is 1.94. The molecular formula is C14H12BrClO2. The fraction of sp³-hybridized carbons (Fsp3) is 0.143. The zero-order chi connectivity index (χ0) is 13.1. The number of aliphatic hydroxyl groups is 1. The van der Waals surface area contributed by atoms with Gasteiger partial charge in [-0.15, -0.1) is 0 Å². The summed E-state index contributed by atoms with van der Waals surface area (Å²) in [6.07, 6.45) is 0. The van der Waals surface area contributed by atoms with Crippen molar-refractivity contribution in [3.63, 3.8) is 0 Å². The number of ether oxygens (including phenoxy) is 1. The van der Waals surface area contributed by atoms with Crippen molar-refractivity contribution in [2.24, 2.45) is 0 Å². The van der Waals surface area contributed by atoms with E-state index in [1.54, 1.807) is 18.2 Å². The molecule has 0 heterocycles. The highest BCUT2D eigenvalue weighted by Crippen LogP contribution is 2.33. The first-order chi connectivity index (χ1) is 8.60. The van der Waals surface area contributed by atoms with Gasteiger partial charge in [0, 0.05) is 4.47 Å². The van der Waals surface area contributed by atoms with Crippen molar-refractivity contribution in [1.82, 2.24) is 0 Å². The van der Waals surface area contributed by atoms with Crippen LogP contribution < -0.4 is 4.74 Å². The Morgan fingerprint density at radius 3 is 2.61 bits per heavy atom. The number of aryl methyl sites for hydroxylation is 1. The van der Waals surface area contributed by atoms with Gasteiger partial charge >= 0.3 is 0 Å². The molecule has 4 heteroatoms. The molecule has 1 N–H and O–H groups in total. The first-order valence-electron chi connectivity index (χ1n) is 5.43. The molecular weight excluding hydrogens is 316 g/mol. The van der Waals surface area contributed by atoms with Crippen molar-refractivity contribution in [3.8, 4) is 11.5 Å². The van der Waals surface area contributed by atoms with Crippen LogP contribution in [-0.2, 0) is 6.61 Å². The molecule has 94 valence electrons. The summed E-state index contributed by atoms with van der Waals surface area (Å²) >= 11 is 9.51. The van der Waals surface area contributed by atoms with E-state index in [-0.39, 0.29) is 6.61 Å². The van der Waals surface area contributed by atoms with Gasteiger partial charge in [-0.25, -0.2) is 0 Å². The lowest BCUT2D eigenvalue weighted by Gasteiger charge is -2.11. The van der Waals surface area contributed by atoms with Crippen molar-refractivity contribution < 1.29 is 9.84 Å². The fourth-order valence-corrected chi connectivity index (χ4v) is 2.11. The third kappa shape index (κ3) is 3.05. The van der Waals surface area contributed by atoms with Crippen LogP contribution in [0.25, 0.3) is 0 Å². The molecule has 0 unspecified atom stereocenters. The average Bonchev–Trinajstić information content (AvgIpc) is 2.36. The zero-order valence-electron chi connectivity index (χ0n) is 9.78. The maximum Gasteiger partial charge on any atom is 0.146 e. The van der Waals surface area contributed by atoms with Crippen LogP contribution in [-0.4, -0.2) is 5.11 Å². The predicted molar refractivity (Wildman–Crippen MR) is 76.3 cm³/mol. The van der Waals surface area contributed by atoms with Crippen LogP contribution in [0.15, 0.2) is 40.9 Å². The van der Waals surface area contributed by atoms with E-state index >= 15 is 0 Å². The van der Waals surface area contributed by atoms with Gasteiger partial charge in [0.05, 0.1) is 11.6 Å². The Hall–Kier alpha value is -1.03. The summed E-state index contributed by atoms with van der Waals surface area (Å²) < 4.78 is 6.73. The molecule has 0 atom stereocenters. The lowest BCUT2D eigenvalue weighted by atomic mass is 10.2. The molecule has 0 fully saturated rings. The van der Waals surface area contributed by atoms with Crippen molar-refractivity contribution in [2.45, 2.75) is 13.5 Å². The molecule has 0 aliphatic carbocycles. The van der Waals surface area contributed by atoms with Gasteiger partial charge < -0.3 is 9.84 Å². The largest absolute Gasteiger partial charge is 0.455 e. The number of aliphatic hydroxyl groups excluding tert-OH is 1. The summed E-state index contributed by atoms with van der Waals surface area (Å²) in [5.74, 6) is 1.33. The topological polar surface area (TPSA) is 29.5 Å². The molecule has 0 saturated carbocycles. The quantitative estimate of drug-likeness (QED) is 0.885. The second-order valence-electron chi connectivity index (χ2n) is 3.93. The maximum atomic E-state index is 9.02. The molecule has 0 spiro atoms. The van der Waals surface area contributed by atoms with Crippen LogP contribution in [0.4, 0.5) is 0 Å². The summed E-state index contributed by atoms with van der Waals surface area (Å²) in [5, 5.41) is 9.50. The highest BCUT2D eigenvalue weighted by molar-refractivity contribution is 9.10. The molecule has 0 amide bonds. The second-order valence-corrected chi connectivity index (χ2v) is 5.26. The van der Waals surface area contributed by atoms with Gasteiger partial charge in [-0.2, -0.15) is 0 Å². The number of hydrogen-bond donors (Lipinski definition) is 1. The van der Waals surface area contributed by atoms with Crippen molar-refractivity contribution in [3.05, 3.63) is 57.0 Å². The van der Waals surface area contributed by atoms with E-state index < -0.39 is 0 Å². The van der Waals surface area contributed by atoms with E-state index in [0.717, 1.165) is 21.3 Å². The Kier molecular flexibility index (Phi) is 4.27. The van der Waals surface area contributed by atoms with Gasteiger partial charge in [0.1, 0.15) is 11.5 Å².